The van der Waals surface area contributed by atoms with Gasteiger partial charge in [0.15, 0.2) is 0 Å². The molecule has 2 aromatic rings. The van der Waals surface area contributed by atoms with Gasteiger partial charge in [0.1, 0.15) is 0 Å². The summed E-state index contributed by atoms with van der Waals surface area (Å²) in [6.45, 7) is 2.88. The number of nitrogens with one attached hydrogen (secondary N) is 1. The van der Waals surface area contributed by atoms with Crippen LogP contribution >= 0.6 is 11.6 Å². The van der Waals surface area contributed by atoms with E-state index in [-0.39, 0.29) is 12.1 Å². The molecule has 1 fully saturated rings. The maximum atomic E-state index is 12.9. The smallest absolute Gasteiger partial charge is 0.317 e. The van der Waals surface area contributed by atoms with Gasteiger partial charge in [0.05, 0.1) is 6.04 Å². The third-order valence-electron chi connectivity index (χ3n) is 4.52. The molecular formula is C20H23ClN2O. The first-order chi connectivity index (χ1) is 11.6. The molecule has 1 heterocycles. The number of halogens is 1. The molecule has 24 heavy (non-hydrogen) atoms. The fourth-order valence-electron chi connectivity index (χ4n) is 3.34. The first-order valence-corrected chi connectivity index (χ1v) is 8.91. The number of rotatable bonds is 2. The van der Waals surface area contributed by atoms with Gasteiger partial charge in [-0.3, -0.25) is 0 Å². The fraction of sp³-hybridized carbons (Fsp3) is 0.350. The third-order valence-corrected chi connectivity index (χ3v) is 4.75. The number of benzene rings is 2. The van der Waals surface area contributed by atoms with E-state index in [1.165, 1.54) is 17.5 Å². The van der Waals surface area contributed by atoms with E-state index in [0.717, 1.165) is 31.5 Å². The van der Waals surface area contributed by atoms with Gasteiger partial charge >= 0.3 is 6.03 Å². The van der Waals surface area contributed by atoms with Crippen LogP contribution in [0.5, 0.6) is 0 Å². The molecule has 3 rings (SSSR count). The van der Waals surface area contributed by atoms with E-state index in [9.17, 15) is 4.79 Å². The van der Waals surface area contributed by atoms with E-state index in [0.29, 0.717) is 5.02 Å². The van der Waals surface area contributed by atoms with E-state index in [1.807, 2.05) is 17.0 Å². The van der Waals surface area contributed by atoms with E-state index in [1.54, 1.807) is 12.1 Å². The molecule has 0 aromatic heterocycles. The zero-order chi connectivity index (χ0) is 16.9. The molecule has 1 atom stereocenters. The Kier molecular flexibility index (Phi) is 5.41. The molecule has 0 bridgehead atoms. The largest absolute Gasteiger partial charge is 0.322 e. The van der Waals surface area contributed by atoms with Crippen LogP contribution in [0.25, 0.3) is 0 Å². The van der Waals surface area contributed by atoms with Crippen molar-refractivity contribution in [3.63, 3.8) is 0 Å². The Morgan fingerprint density at radius 3 is 2.75 bits per heavy atom. The van der Waals surface area contributed by atoms with Crippen molar-refractivity contribution >= 4 is 23.3 Å². The number of urea groups is 1. The van der Waals surface area contributed by atoms with Gasteiger partial charge in [0, 0.05) is 17.3 Å². The maximum Gasteiger partial charge on any atom is 0.322 e. The van der Waals surface area contributed by atoms with E-state index >= 15 is 0 Å². The lowest BCUT2D eigenvalue weighted by atomic mass is 9.99. The zero-order valence-electron chi connectivity index (χ0n) is 14.0. The van der Waals surface area contributed by atoms with Crippen LogP contribution in [0.3, 0.4) is 0 Å². The number of carbonyl (C=O) groups is 1. The van der Waals surface area contributed by atoms with Gasteiger partial charge in [-0.25, -0.2) is 4.79 Å². The lowest BCUT2D eigenvalue weighted by molar-refractivity contribution is 0.189. The monoisotopic (exact) mass is 342 g/mol. The third kappa shape index (κ3) is 4.09. The van der Waals surface area contributed by atoms with Gasteiger partial charge < -0.3 is 10.2 Å². The molecule has 4 heteroatoms. The van der Waals surface area contributed by atoms with Crippen LogP contribution in [-0.2, 0) is 0 Å². The summed E-state index contributed by atoms with van der Waals surface area (Å²) in [6.07, 6.45) is 4.38. The van der Waals surface area contributed by atoms with Crippen molar-refractivity contribution in [3.8, 4) is 0 Å². The minimum Gasteiger partial charge on any atom is -0.317 e. The topological polar surface area (TPSA) is 32.3 Å². The van der Waals surface area contributed by atoms with Crippen molar-refractivity contribution in [2.75, 3.05) is 11.9 Å². The highest BCUT2D eigenvalue weighted by molar-refractivity contribution is 6.30. The summed E-state index contributed by atoms with van der Waals surface area (Å²) in [4.78, 5) is 14.8. The number of anilines is 1. The van der Waals surface area contributed by atoms with Crippen molar-refractivity contribution in [2.24, 2.45) is 0 Å². The van der Waals surface area contributed by atoms with E-state index in [4.69, 9.17) is 11.6 Å². The van der Waals surface area contributed by atoms with Gasteiger partial charge in [0.2, 0.25) is 0 Å². The lowest BCUT2D eigenvalue weighted by Crippen LogP contribution is -2.38. The van der Waals surface area contributed by atoms with Crippen molar-refractivity contribution < 1.29 is 4.79 Å². The molecule has 0 unspecified atom stereocenters. The van der Waals surface area contributed by atoms with Crippen LogP contribution in [0.2, 0.25) is 5.02 Å². The van der Waals surface area contributed by atoms with Crippen LogP contribution in [0.15, 0.2) is 48.5 Å². The number of hydrogen-bond acceptors (Lipinski definition) is 1. The minimum atomic E-state index is -0.0503. The van der Waals surface area contributed by atoms with Gasteiger partial charge in [-0.2, -0.15) is 0 Å². The number of hydrogen-bond donors (Lipinski definition) is 1. The standard InChI is InChI=1S/C20H23ClN2O/c1-15-7-5-8-16(13-15)19-11-3-2-4-12-23(19)20(24)22-18-10-6-9-17(21)14-18/h5-10,13-14,19H,2-4,11-12H2,1H3,(H,22,24)/t19-/m0/s1. The molecule has 2 aromatic carbocycles. The molecule has 126 valence electrons. The summed E-state index contributed by atoms with van der Waals surface area (Å²) in [5.74, 6) is 0. The summed E-state index contributed by atoms with van der Waals surface area (Å²) in [5, 5.41) is 3.62. The predicted molar refractivity (Wildman–Crippen MR) is 99.6 cm³/mol. The van der Waals surface area contributed by atoms with E-state index < -0.39 is 0 Å². The van der Waals surface area contributed by atoms with Gasteiger partial charge in [-0.1, -0.05) is 60.3 Å². The Hall–Kier alpha value is -2.00. The molecule has 1 saturated heterocycles. The normalized spacial score (nSPS) is 18.1. The molecule has 0 spiro atoms. The van der Waals surface area contributed by atoms with Crippen molar-refractivity contribution in [1.82, 2.24) is 4.90 Å². The molecule has 0 radical (unpaired) electrons. The van der Waals surface area contributed by atoms with Crippen LogP contribution < -0.4 is 5.32 Å². The zero-order valence-corrected chi connectivity index (χ0v) is 14.7. The number of aryl methyl sites for hydroxylation is 1. The van der Waals surface area contributed by atoms with Crippen LogP contribution in [-0.4, -0.2) is 17.5 Å². The number of carbonyl (C=O) groups excluding carboxylic acids is 1. The summed E-state index contributed by atoms with van der Waals surface area (Å²) in [6, 6.07) is 15.9. The van der Waals surface area contributed by atoms with Crippen molar-refractivity contribution in [1.29, 1.82) is 0 Å². The Balaban J connectivity index is 1.82. The summed E-state index contributed by atoms with van der Waals surface area (Å²) in [5.41, 5.74) is 3.19. The summed E-state index contributed by atoms with van der Waals surface area (Å²) >= 11 is 6.02. The molecule has 1 aliphatic rings. The Morgan fingerprint density at radius 2 is 1.96 bits per heavy atom. The first kappa shape index (κ1) is 16.8. The highest BCUT2D eigenvalue weighted by Crippen LogP contribution is 2.31. The van der Waals surface area contributed by atoms with E-state index in [2.05, 4.69) is 36.5 Å². The Labute approximate surface area is 148 Å². The lowest BCUT2D eigenvalue weighted by Gasteiger charge is -2.31. The average molecular weight is 343 g/mol. The molecule has 0 aliphatic carbocycles. The maximum absolute atomic E-state index is 12.9. The second-order valence-electron chi connectivity index (χ2n) is 6.41. The summed E-state index contributed by atoms with van der Waals surface area (Å²) in [7, 11) is 0. The van der Waals surface area contributed by atoms with Crippen LogP contribution in [0.4, 0.5) is 10.5 Å². The fourth-order valence-corrected chi connectivity index (χ4v) is 3.53. The van der Waals surface area contributed by atoms with Crippen molar-refractivity contribution in [2.45, 2.75) is 38.6 Å². The van der Waals surface area contributed by atoms with Crippen LogP contribution in [0.1, 0.15) is 42.9 Å². The van der Waals surface area contributed by atoms with Crippen molar-refractivity contribution in [3.05, 3.63) is 64.7 Å². The number of amides is 2. The molecule has 1 N–H and O–H groups in total. The molecule has 0 saturated carbocycles. The Morgan fingerprint density at radius 1 is 1.12 bits per heavy atom. The Bertz CT molecular complexity index is 716. The van der Waals surface area contributed by atoms with Gasteiger partial charge in [-0.15, -0.1) is 0 Å². The highest BCUT2D eigenvalue weighted by atomic mass is 35.5. The van der Waals surface area contributed by atoms with Gasteiger partial charge in [0.25, 0.3) is 0 Å². The SMILES string of the molecule is Cc1cccc([C@@H]2CCCCCN2C(=O)Nc2cccc(Cl)c2)c1. The summed E-state index contributed by atoms with van der Waals surface area (Å²) < 4.78 is 0. The molecule has 3 nitrogen and oxygen atoms in total. The number of likely N-dealkylation sites (tertiary alicyclic amines) is 1. The first-order valence-electron chi connectivity index (χ1n) is 8.53. The minimum absolute atomic E-state index is 0.0503. The van der Waals surface area contributed by atoms with Crippen LogP contribution in [0, 0.1) is 6.92 Å². The second-order valence-corrected chi connectivity index (χ2v) is 6.85. The average Bonchev–Trinajstić information content (AvgIpc) is 2.81. The quantitative estimate of drug-likeness (QED) is 0.735. The molecule has 2 amide bonds. The second kappa shape index (κ2) is 7.71. The molecular weight excluding hydrogens is 320 g/mol. The molecule has 1 aliphatic heterocycles. The number of nitrogens with zero attached hydrogens (tertiary/aromatic N) is 1. The van der Waals surface area contributed by atoms with Gasteiger partial charge in [-0.05, 0) is 43.5 Å². The highest BCUT2D eigenvalue weighted by Gasteiger charge is 2.26. The predicted octanol–water partition coefficient (Wildman–Crippen LogP) is 5.80.